The van der Waals surface area contributed by atoms with E-state index in [0.29, 0.717) is 0 Å². The largest absolute Gasteiger partial charge is 0.541 e. The Hall–Kier alpha value is -1.53. The summed E-state index contributed by atoms with van der Waals surface area (Å²) >= 11 is 0. The molecule has 0 radical (unpaired) electrons. The summed E-state index contributed by atoms with van der Waals surface area (Å²) in [5.41, 5.74) is 2.77. The van der Waals surface area contributed by atoms with Gasteiger partial charge in [0, 0.05) is 10.9 Å². The maximum atomic E-state index is 7.35. The quantitative estimate of drug-likeness (QED) is 0.0496. The highest BCUT2D eigenvalue weighted by atomic mass is 28.4. The third kappa shape index (κ3) is 21.8. The molecule has 0 amide bonds. The maximum Gasteiger partial charge on any atom is 0.245 e. The first-order chi connectivity index (χ1) is 28.3. The van der Waals surface area contributed by atoms with Crippen molar-refractivity contribution in [3.63, 3.8) is 0 Å². The van der Waals surface area contributed by atoms with Crippen molar-refractivity contribution in [1.29, 1.82) is 0 Å². The lowest BCUT2D eigenvalue weighted by atomic mass is 9.91. The highest BCUT2D eigenvalue weighted by Gasteiger charge is 2.33. The molecule has 58 heavy (non-hydrogen) atoms. The molecular weight excluding hydrogens is 737 g/mol. The maximum absolute atomic E-state index is 7.35. The van der Waals surface area contributed by atoms with Crippen LogP contribution in [0.5, 0.6) is 11.5 Å². The molecule has 0 fully saturated rings. The van der Waals surface area contributed by atoms with E-state index in [1.54, 1.807) is 0 Å². The number of unbranched alkanes of at least 4 members (excludes halogenated alkanes) is 30. The van der Waals surface area contributed by atoms with E-state index in [9.17, 15) is 0 Å². The van der Waals surface area contributed by atoms with E-state index in [1.807, 2.05) is 0 Å². The second-order valence-corrected chi connectivity index (χ2v) is 28.3. The van der Waals surface area contributed by atoms with Gasteiger partial charge < -0.3 is 8.85 Å². The number of allylic oxidation sites excluding steroid dienone is 1. The number of rotatable bonds is 38. The fraction of sp³-hybridized carbons (Fsp3) is 0.778. The first-order valence-corrected chi connectivity index (χ1v) is 32.1. The van der Waals surface area contributed by atoms with Gasteiger partial charge in [0.05, 0.1) is 0 Å². The summed E-state index contributed by atoms with van der Waals surface area (Å²) < 4.78 is 14.7. The summed E-state index contributed by atoms with van der Waals surface area (Å²) in [6, 6.07) is 11.4. The molecule has 0 saturated heterocycles. The van der Waals surface area contributed by atoms with Gasteiger partial charge in [0.2, 0.25) is 16.6 Å². The van der Waals surface area contributed by atoms with Crippen molar-refractivity contribution >= 4 is 33.5 Å². The first kappa shape index (κ1) is 50.8. The van der Waals surface area contributed by atoms with Crippen LogP contribution in [0.25, 0.3) is 16.8 Å². The summed E-state index contributed by atoms with van der Waals surface area (Å²) in [7, 11) is -3.93. The molecule has 4 heteroatoms. The van der Waals surface area contributed by atoms with Gasteiger partial charge in [-0.1, -0.05) is 256 Å². The second kappa shape index (κ2) is 31.3. The molecule has 0 spiro atoms. The minimum absolute atomic E-state index is 1.05. The average Bonchev–Trinajstić information content (AvgIpc) is 3.21. The van der Waals surface area contributed by atoms with Crippen molar-refractivity contribution in [2.45, 2.75) is 270 Å². The minimum atomic E-state index is -1.97. The van der Waals surface area contributed by atoms with Crippen molar-refractivity contribution < 1.29 is 8.85 Å². The summed E-state index contributed by atoms with van der Waals surface area (Å²) in [6.07, 6.45) is 52.2. The third-order valence-electron chi connectivity index (χ3n) is 13.1. The fourth-order valence-electron chi connectivity index (χ4n) is 9.39. The molecule has 2 aromatic rings. The lowest BCUT2D eigenvalue weighted by Crippen LogP contribution is -2.37. The van der Waals surface area contributed by atoms with E-state index >= 15 is 0 Å². The van der Waals surface area contributed by atoms with Gasteiger partial charge in [-0.2, -0.15) is 0 Å². The summed E-state index contributed by atoms with van der Waals surface area (Å²) in [6.45, 7) is 14.4. The van der Waals surface area contributed by atoms with Crippen LogP contribution in [0.3, 0.4) is 0 Å². The minimum Gasteiger partial charge on any atom is -0.541 e. The van der Waals surface area contributed by atoms with Crippen LogP contribution in [-0.4, -0.2) is 16.6 Å². The van der Waals surface area contributed by atoms with Gasteiger partial charge in [0.1, 0.15) is 5.75 Å². The molecule has 3 rings (SSSR count). The van der Waals surface area contributed by atoms with Crippen LogP contribution in [0.1, 0.15) is 237 Å². The Bertz CT molecular complexity index is 1350. The molecule has 2 nitrogen and oxygen atoms in total. The summed E-state index contributed by atoms with van der Waals surface area (Å²) in [4.78, 5) is 0. The third-order valence-corrected chi connectivity index (χ3v) is 17.8. The standard InChI is InChI=1S/C54H96O2Si2/c1-7-9-11-13-15-17-19-21-23-25-27-29-31-33-35-41-47-57(3,4)55-53-51-45-39-37-43-49(51)50-44-38-40-46-52(50)54(53)56-58(5,6)48-42-36-34-32-30-28-26-24-22-20-18-16-14-12-10-8-2/h37-39,43-45H,7-36,40-42,46-48H2,1-6H3. The molecule has 1 aliphatic carbocycles. The predicted molar refractivity (Wildman–Crippen MR) is 266 cm³/mol. The number of fused-ring (bicyclic) bond motifs is 3. The van der Waals surface area contributed by atoms with E-state index in [1.165, 1.54) is 239 Å². The normalized spacial score (nSPS) is 13.1. The Balaban J connectivity index is 1.41. The molecule has 332 valence electrons. The van der Waals surface area contributed by atoms with E-state index in [0.717, 1.165) is 24.3 Å². The van der Waals surface area contributed by atoms with Gasteiger partial charge in [-0.15, -0.1) is 0 Å². The van der Waals surface area contributed by atoms with Crippen LogP contribution in [0.15, 0.2) is 30.3 Å². The van der Waals surface area contributed by atoms with Crippen molar-refractivity contribution in [1.82, 2.24) is 0 Å². The molecule has 0 unspecified atom stereocenters. The Labute approximate surface area is 364 Å². The van der Waals surface area contributed by atoms with E-state index < -0.39 is 16.6 Å². The number of benzene rings is 2. The van der Waals surface area contributed by atoms with Gasteiger partial charge in [0.15, 0.2) is 5.75 Å². The predicted octanol–water partition coefficient (Wildman–Crippen LogP) is 19.5. The van der Waals surface area contributed by atoms with Gasteiger partial charge in [-0.3, -0.25) is 0 Å². The Morgan fingerprint density at radius 2 is 0.741 bits per heavy atom. The van der Waals surface area contributed by atoms with E-state index in [4.69, 9.17) is 8.85 Å². The van der Waals surface area contributed by atoms with Crippen LogP contribution in [0, 0.1) is 0 Å². The second-order valence-electron chi connectivity index (χ2n) is 19.9. The van der Waals surface area contributed by atoms with Crippen molar-refractivity contribution in [3.8, 4) is 11.5 Å². The number of hydrogen-bond donors (Lipinski definition) is 0. The molecule has 0 saturated carbocycles. The fourth-order valence-corrected chi connectivity index (χ4v) is 13.3. The smallest absolute Gasteiger partial charge is 0.245 e. The van der Waals surface area contributed by atoms with Crippen molar-refractivity contribution in [3.05, 3.63) is 41.5 Å². The summed E-state index contributed by atoms with van der Waals surface area (Å²) in [5, 5.41) is 2.59. The topological polar surface area (TPSA) is 18.5 Å². The van der Waals surface area contributed by atoms with E-state index in [-0.39, 0.29) is 0 Å². The van der Waals surface area contributed by atoms with Crippen LogP contribution in [0.4, 0.5) is 0 Å². The zero-order valence-corrected chi connectivity index (χ0v) is 41.7. The zero-order valence-electron chi connectivity index (χ0n) is 39.7. The first-order valence-electron chi connectivity index (χ1n) is 25.9. The van der Waals surface area contributed by atoms with E-state index in [2.05, 4.69) is 76.5 Å². The molecule has 0 N–H and O–H groups in total. The molecule has 2 aromatic carbocycles. The van der Waals surface area contributed by atoms with Gasteiger partial charge in [-0.25, -0.2) is 0 Å². The zero-order chi connectivity index (χ0) is 41.6. The Morgan fingerprint density at radius 3 is 1.12 bits per heavy atom. The van der Waals surface area contributed by atoms with Crippen LogP contribution in [-0.2, 0) is 6.42 Å². The van der Waals surface area contributed by atoms with Crippen LogP contribution < -0.4 is 8.85 Å². The summed E-state index contributed by atoms with van der Waals surface area (Å²) in [5.74, 6) is 2.18. The van der Waals surface area contributed by atoms with Crippen LogP contribution >= 0.6 is 0 Å². The molecule has 0 bridgehead atoms. The van der Waals surface area contributed by atoms with Gasteiger partial charge in [-0.05, 0) is 62.1 Å². The van der Waals surface area contributed by atoms with Crippen LogP contribution in [0.2, 0.25) is 38.3 Å². The molecule has 1 aliphatic rings. The highest BCUT2D eigenvalue weighted by molar-refractivity contribution is 6.72. The van der Waals surface area contributed by atoms with Crippen molar-refractivity contribution in [2.75, 3.05) is 0 Å². The van der Waals surface area contributed by atoms with Gasteiger partial charge in [0.25, 0.3) is 0 Å². The highest BCUT2D eigenvalue weighted by Crippen LogP contribution is 2.47. The lowest BCUT2D eigenvalue weighted by Gasteiger charge is -2.33. The Morgan fingerprint density at radius 1 is 0.414 bits per heavy atom. The average molecular weight is 834 g/mol. The SMILES string of the molecule is CCCCCCCCCCCCCCCCCC[Si](C)(C)Oc1c2c(c3ccccc3c1O[Si](C)(C)CCCCCCCCCCCCCCCCCC)C=CCC2. The molecule has 0 atom stereocenters. The Kier molecular flexibility index (Phi) is 27.5. The van der Waals surface area contributed by atoms with Gasteiger partial charge >= 0.3 is 0 Å². The van der Waals surface area contributed by atoms with Crippen molar-refractivity contribution in [2.24, 2.45) is 0 Å². The lowest BCUT2D eigenvalue weighted by molar-refractivity contribution is 0.473. The molecule has 0 aliphatic heterocycles. The number of hydrogen-bond acceptors (Lipinski definition) is 2. The molecular formula is C54H96O2Si2. The monoisotopic (exact) mass is 833 g/mol. The molecule has 0 heterocycles. The molecule has 0 aromatic heterocycles.